The average Bonchev–Trinajstić information content (AvgIpc) is 2.59. The van der Waals surface area contributed by atoms with Gasteiger partial charge in [-0.2, -0.15) is 0 Å². The van der Waals surface area contributed by atoms with E-state index in [1.165, 1.54) is 17.1 Å². The molecule has 6 heteroatoms. The SMILES string of the molecule is CC(C(=O)O)n1cnc2cc(Cl)cnc21. The quantitative estimate of drug-likeness (QED) is 0.845. The first kappa shape index (κ1) is 9.92. The number of pyridine rings is 1. The second-order valence-electron chi connectivity index (χ2n) is 3.16. The summed E-state index contributed by atoms with van der Waals surface area (Å²) in [6.45, 7) is 1.57. The Kier molecular flexibility index (Phi) is 2.32. The molecule has 0 aromatic carbocycles. The van der Waals surface area contributed by atoms with Gasteiger partial charge in [-0.3, -0.25) is 0 Å². The fourth-order valence-corrected chi connectivity index (χ4v) is 1.45. The van der Waals surface area contributed by atoms with E-state index in [2.05, 4.69) is 9.97 Å². The third-order valence-electron chi connectivity index (χ3n) is 2.15. The van der Waals surface area contributed by atoms with Gasteiger partial charge < -0.3 is 9.67 Å². The Morgan fingerprint density at radius 2 is 2.33 bits per heavy atom. The number of carboxylic acid groups (broad SMARTS) is 1. The summed E-state index contributed by atoms with van der Waals surface area (Å²) in [5.74, 6) is -0.925. The van der Waals surface area contributed by atoms with Gasteiger partial charge in [-0.25, -0.2) is 14.8 Å². The summed E-state index contributed by atoms with van der Waals surface area (Å²) >= 11 is 5.74. The molecule has 5 nitrogen and oxygen atoms in total. The first-order valence-corrected chi connectivity index (χ1v) is 4.68. The highest BCUT2D eigenvalue weighted by atomic mass is 35.5. The molecule has 0 bridgehead atoms. The Morgan fingerprint density at radius 3 is 3.00 bits per heavy atom. The van der Waals surface area contributed by atoms with Crippen LogP contribution in [0, 0.1) is 0 Å². The van der Waals surface area contributed by atoms with E-state index in [4.69, 9.17) is 16.7 Å². The van der Waals surface area contributed by atoms with Crippen LogP contribution in [0.5, 0.6) is 0 Å². The molecule has 78 valence electrons. The van der Waals surface area contributed by atoms with Crippen molar-refractivity contribution in [3.8, 4) is 0 Å². The van der Waals surface area contributed by atoms with Crippen molar-refractivity contribution >= 4 is 28.7 Å². The van der Waals surface area contributed by atoms with E-state index in [-0.39, 0.29) is 0 Å². The smallest absolute Gasteiger partial charge is 0.326 e. The van der Waals surface area contributed by atoms with Gasteiger partial charge in [0.1, 0.15) is 11.6 Å². The molecule has 0 fully saturated rings. The van der Waals surface area contributed by atoms with Crippen LogP contribution in [0.3, 0.4) is 0 Å². The number of aromatic nitrogens is 3. The zero-order chi connectivity index (χ0) is 11.0. The predicted octanol–water partition coefficient (Wildman–Crippen LogP) is 1.73. The topological polar surface area (TPSA) is 68.0 Å². The highest BCUT2D eigenvalue weighted by Gasteiger charge is 2.16. The van der Waals surface area contributed by atoms with E-state index in [9.17, 15) is 4.79 Å². The summed E-state index contributed by atoms with van der Waals surface area (Å²) in [7, 11) is 0. The molecule has 0 amide bonds. The van der Waals surface area contributed by atoms with Crippen LogP contribution < -0.4 is 0 Å². The van der Waals surface area contributed by atoms with Crippen LogP contribution in [-0.2, 0) is 4.79 Å². The third-order valence-corrected chi connectivity index (χ3v) is 2.36. The maximum absolute atomic E-state index is 10.8. The lowest BCUT2D eigenvalue weighted by atomic mass is 10.3. The van der Waals surface area contributed by atoms with Crippen molar-refractivity contribution in [1.82, 2.24) is 14.5 Å². The van der Waals surface area contributed by atoms with Crippen LogP contribution in [0.1, 0.15) is 13.0 Å². The van der Waals surface area contributed by atoms with Gasteiger partial charge in [-0.1, -0.05) is 11.6 Å². The van der Waals surface area contributed by atoms with Crippen molar-refractivity contribution < 1.29 is 9.90 Å². The van der Waals surface area contributed by atoms with Crippen molar-refractivity contribution in [3.05, 3.63) is 23.6 Å². The molecule has 0 aliphatic heterocycles. The van der Waals surface area contributed by atoms with Crippen LogP contribution in [0.15, 0.2) is 18.6 Å². The van der Waals surface area contributed by atoms with Gasteiger partial charge in [0, 0.05) is 6.20 Å². The van der Waals surface area contributed by atoms with E-state index in [0.29, 0.717) is 16.2 Å². The number of nitrogens with zero attached hydrogens (tertiary/aromatic N) is 3. The van der Waals surface area contributed by atoms with Crippen molar-refractivity contribution in [3.63, 3.8) is 0 Å². The molecule has 0 spiro atoms. The summed E-state index contributed by atoms with van der Waals surface area (Å²) in [5.41, 5.74) is 1.12. The fourth-order valence-electron chi connectivity index (χ4n) is 1.30. The summed E-state index contributed by atoms with van der Waals surface area (Å²) in [5, 5.41) is 9.35. The standard InChI is InChI=1S/C9H8ClN3O2/c1-5(9(14)15)13-4-12-7-2-6(10)3-11-8(7)13/h2-5H,1H3,(H,14,15). The second-order valence-corrected chi connectivity index (χ2v) is 3.60. The van der Waals surface area contributed by atoms with Gasteiger partial charge >= 0.3 is 5.97 Å². The minimum Gasteiger partial charge on any atom is -0.480 e. The van der Waals surface area contributed by atoms with Gasteiger partial charge in [0.05, 0.1) is 11.3 Å². The van der Waals surface area contributed by atoms with Gasteiger partial charge in [0.25, 0.3) is 0 Å². The molecular weight excluding hydrogens is 218 g/mol. The molecule has 1 atom stereocenters. The van der Waals surface area contributed by atoms with Gasteiger partial charge in [0.15, 0.2) is 5.65 Å². The molecule has 0 radical (unpaired) electrons. The molecule has 2 aromatic heterocycles. The first-order chi connectivity index (χ1) is 7.09. The van der Waals surface area contributed by atoms with Gasteiger partial charge in [-0.15, -0.1) is 0 Å². The molecule has 1 unspecified atom stereocenters. The molecule has 0 aliphatic carbocycles. The highest BCUT2D eigenvalue weighted by molar-refractivity contribution is 6.31. The van der Waals surface area contributed by atoms with Gasteiger partial charge in [-0.05, 0) is 13.0 Å². The highest BCUT2D eigenvalue weighted by Crippen LogP contribution is 2.18. The largest absolute Gasteiger partial charge is 0.480 e. The van der Waals surface area contributed by atoms with E-state index < -0.39 is 12.0 Å². The van der Waals surface area contributed by atoms with Crippen LogP contribution >= 0.6 is 11.6 Å². The number of carbonyl (C=O) groups is 1. The molecule has 0 saturated carbocycles. The molecule has 0 aliphatic rings. The van der Waals surface area contributed by atoms with E-state index in [1.807, 2.05) is 0 Å². The molecule has 2 aromatic rings. The normalized spacial score (nSPS) is 12.9. The minimum absolute atomic E-state index is 0.482. The molecule has 2 rings (SSSR count). The Bertz CT molecular complexity index is 523. The van der Waals surface area contributed by atoms with E-state index in [1.54, 1.807) is 13.0 Å². The second kappa shape index (κ2) is 3.51. The van der Waals surface area contributed by atoms with Crippen molar-refractivity contribution in [2.24, 2.45) is 0 Å². The number of halogens is 1. The van der Waals surface area contributed by atoms with Crippen LogP contribution in [0.25, 0.3) is 11.2 Å². The van der Waals surface area contributed by atoms with Gasteiger partial charge in [0.2, 0.25) is 0 Å². The number of imidazole rings is 1. The average molecular weight is 226 g/mol. The predicted molar refractivity (Wildman–Crippen MR) is 54.9 cm³/mol. The Hall–Kier alpha value is -1.62. The maximum Gasteiger partial charge on any atom is 0.326 e. The lowest BCUT2D eigenvalue weighted by Crippen LogP contribution is -2.14. The van der Waals surface area contributed by atoms with Crippen molar-refractivity contribution in [2.45, 2.75) is 13.0 Å². The summed E-state index contributed by atoms with van der Waals surface area (Å²) in [4.78, 5) is 18.9. The molecular formula is C9H8ClN3O2. The number of hydrogen-bond acceptors (Lipinski definition) is 3. The summed E-state index contributed by atoms with van der Waals surface area (Å²) < 4.78 is 1.49. The monoisotopic (exact) mass is 225 g/mol. The van der Waals surface area contributed by atoms with Crippen molar-refractivity contribution in [1.29, 1.82) is 0 Å². The van der Waals surface area contributed by atoms with Crippen molar-refractivity contribution in [2.75, 3.05) is 0 Å². The lowest BCUT2D eigenvalue weighted by Gasteiger charge is -2.07. The van der Waals surface area contributed by atoms with E-state index >= 15 is 0 Å². The number of hydrogen-bond donors (Lipinski definition) is 1. The van der Waals surface area contributed by atoms with E-state index in [0.717, 1.165) is 0 Å². The Balaban J connectivity index is 2.59. The number of fused-ring (bicyclic) bond motifs is 1. The summed E-state index contributed by atoms with van der Waals surface area (Å²) in [6, 6.07) is 0.957. The Labute approximate surface area is 90.3 Å². The van der Waals surface area contributed by atoms with Crippen LogP contribution in [0.4, 0.5) is 0 Å². The maximum atomic E-state index is 10.8. The number of rotatable bonds is 2. The minimum atomic E-state index is -0.925. The molecule has 15 heavy (non-hydrogen) atoms. The zero-order valence-corrected chi connectivity index (χ0v) is 8.64. The Morgan fingerprint density at radius 1 is 1.60 bits per heavy atom. The zero-order valence-electron chi connectivity index (χ0n) is 7.88. The molecule has 0 saturated heterocycles. The number of aliphatic carboxylic acids is 1. The first-order valence-electron chi connectivity index (χ1n) is 4.30. The number of carboxylic acids is 1. The third kappa shape index (κ3) is 1.66. The van der Waals surface area contributed by atoms with Crippen LogP contribution in [-0.4, -0.2) is 25.6 Å². The summed E-state index contributed by atoms with van der Waals surface area (Å²) in [6.07, 6.45) is 2.92. The fraction of sp³-hybridized carbons (Fsp3) is 0.222. The lowest BCUT2D eigenvalue weighted by molar-refractivity contribution is -0.140. The molecule has 2 heterocycles. The molecule has 1 N–H and O–H groups in total. The van der Waals surface area contributed by atoms with Crippen LogP contribution in [0.2, 0.25) is 5.02 Å².